The van der Waals surface area contributed by atoms with Gasteiger partial charge in [0, 0.05) is 106 Å². The zero-order valence-corrected chi connectivity index (χ0v) is 68.4. The fourth-order valence-corrected chi connectivity index (χ4v) is 12.9. The molecule has 0 saturated carbocycles. The molecule has 10 aromatic rings. The molecular weight excluding hydrogens is 1390 g/mol. The van der Waals surface area contributed by atoms with E-state index >= 15 is 0 Å². The Morgan fingerprint density at radius 2 is 1.05 bits per heavy atom. The molecule has 29 nitrogen and oxygen atoms in total. The average Bonchev–Trinajstić information content (AvgIpc) is 1.67. The maximum absolute atomic E-state index is 13.0. The van der Waals surface area contributed by atoms with E-state index < -0.39 is 23.3 Å². The Morgan fingerprint density at radius 1 is 0.607 bits per heavy atom. The molecule has 0 spiro atoms. The second-order valence-corrected chi connectivity index (χ2v) is 27.7. The Hall–Kier alpha value is -8.91. The van der Waals surface area contributed by atoms with Gasteiger partial charge in [-0.25, -0.2) is 18.5 Å². The van der Waals surface area contributed by atoms with Crippen LogP contribution < -0.4 is 99.3 Å². The van der Waals surface area contributed by atoms with E-state index in [4.69, 9.17) is 36.9 Å². The summed E-state index contributed by atoms with van der Waals surface area (Å²) >= 11 is 0. The molecule has 30 heteroatoms. The Kier molecular flexibility index (Phi) is 32.8. The van der Waals surface area contributed by atoms with Crippen LogP contribution in [0.1, 0.15) is 147 Å². The first-order chi connectivity index (χ1) is 50.3. The number of carbonyl (C=O) groups is 3. The van der Waals surface area contributed by atoms with Crippen LogP contribution >= 0.6 is 0 Å². The molecule has 0 unspecified atom stereocenters. The predicted octanol–water partition coefficient (Wildman–Crippen LogP) is 4.60. The molecule has 3 aliphatic heterocycles. The van der Waals surface area contributed by atoms with Gasteiger partial charge in [0.15, 0.2) is 11.5 Å². The average molecular weight is 1490 g/mol. The summed E-state index contributed by atoms with van der Waals surface area (Å²) in [6, 6.07) is 23.6. The molecule has 0 aliphatic carbocycles. The first kappa shape index (κ1) is 87.0. The number of aryl methyl sites for hydroxylation is 6. The van der Waals surface area contributed by atoms with Crippen molar-refractivity contribution in [3.05, 3.63) is 159 Å². The number of aromatic amines is 1. The molecule has 3 fully saturated rings. The smallest absolute Gasteiger partial charge is 0.850 e. The van der Waals surface area contributed by atoms with Crippen molar-refractivity contribution in [2.45, 2.75) is 147 Å². The van der Waals surface area contributed by atoms with E-state index in [-0.39, 0.29) is 74.4 Å². The number of hydrogen-bond donors (Lipinski definition) is 6. The number of likely N-dealkylation sites (N-methyl/N-ethyl adjacent to an activating group) is 3. The molecular formula is C77H106KN21O8. The van der Waals surface area contributed by atoms with Crippen molar-refractivity contribution in [3.8, 4) is 11.5 Å². The second-order valence-electron chi connectivity index (χ2n) is 27.7. The van der Waals surface area contributed by atoms with E-state index in [0.29, 0.717) is 64.1 Å². The van der Waals surface area contributed by atoms with Crippen molar-refractivity contribution in [2.24, 2.45) is 11.5 Å². The summed E-state index contributed by atoms with van der Waals surface area (Å²) in [7, 11) is 0. The van der Waals surface area contributed by atoms with Gasteiger partial charge in [-0.2, -0.15) is 24.9 Å². The number of hydrogen-bond acceptors (Lipinski definition) is 22. The standard InChI is InChI=1S/C23H29N7O2.C23H27N7O.C14H22N4O.C8H9N3.C4H9O.C4H10O.CO2.K/c1-5-28-8-9-29(15(3)13-28)17-6-7-19(18(10-17)22(24)31)26-23(32)20-11-21-16(4)25-14(2)12-30(21)27-20;1-5-28-8-9-29(15(3)13-28)17-6-7-19-18(10-17)23(31)26-22(25-19)20-11-21-16(4)24-14(2)12-30(21)27-20;1-3-17-6-7-18(10(2)9-17)11-4-5-13(15)12(8-11)14(16)19;1-6-5-11-8(3-4-9-11)7(2)10-6;1-4(2,3)5;1-2-3-4-5;2-1-3;/h6-7,10-12,15H,5,8-9,13H2,1-4H3,(H2,24,31)(H,26,32);6-7,10-12,15H,5,8-9,13H2,1-4H3,(H,25,26,31);4-5,8,10H,3,6-7,9,15H2,1-2H3,(H2,16,19);3-5H,1-2H3;1-3H3;5H,2-4H2,1H3;;/q;;;;-1;;;+1/t2*15-;10-;;;;;/m000...../s1. The van der Waals surface area contributed by atoms with Crippen LogP contribution in [-0.2, 0) is 9.59 Å². The van der Waals surface area contributed by atoms with Crippen LogP contribution in [0.15, 0.2) is 102 Å². The monoisotopic (exact) mass is 1490 g/mol. The molecule has 3 atom stereocenters. The van der Waals surface area contributed by atoms with Crippen LogP contribution in [0.3, 0.4) is 0 Å². The minimum absolute atomic E-state index is 0. The summed E-state index contributed by atoms with van der Waals surface area (Å²) < 4.78 is 5.28. The van der Waals surface area contributed by atoms with Gasteiger partial charge in [-0.15, -0.1) is 5.60 Å². The fraction of sp³-hybridized carbons (Fsp3) is 0.455. The zero-order chi connectivity index (χ0) is 77.9. The van der Waals surface area contributed by atoms with Crippen LogP contribution in [0, 0.1) is 41.5 Å². The fourth-order valence-electron chi connectivity index (χ4n) is 12.9. The third-order valence-corrected chi connectivity index (χ3v) is 18.2. The molecule has 9 N–H and O–H groups in total. The summed E-state index contributed by atoms with van der Waals surface area (Å²) in [6.07, 6.45) is 9.63. The number of anilines is 5. The van der Waals surface area contributed by atoms with Crippen molar-refractivity contribution >= 4 is 79.8 Å². The number of carbonyl (C=O) groups excluding carboxylic acids is 5. The number of aliphatic hydroxyl groups is 1. The molecule has 13 rings (SSSR count). The number of piperazine rings is 3. The van der Waals surface area contributed by atoms with Gasteiger partial charge in [0.25, 0.3) is 23.3 Å². The van der Waals surface area contributed by atoms with Gasteiger partial charge in [-0.1, -0.05) is 54.9 Å². The minimum atomic E-state index is -0.750. The largest absolute Gasteiger partial charge is 1.00 e. The van der Waals surface area contributed by atoms with E-state index in [9.17, 15) is 24.3 Å². The van der Waals surface area contributed by atoms with Crippen molar-refractivity contribution in [3.63, 3.8) is 0 Å². The quantitative estimate of drug-likeness (QED) is 0.0678. The van der Waals surface area contributed by atoms with E-state index in [1.54, 1.807) is 72.5 Å². The first-order valence-electron chi connectivity index (χ1n) is 36.0. The Morgan fingerprint density at radius 3 is 1.50 bits per heavy atom. The van der Waals surface area contributed by atoms with Crippen LogP contribution in [0.5, 0.6) is 0 Å². The molecule has 7 aromatic heterocycles. The van der Waals surface area contributed by atoms with E-state index in [1.807, 2.05) is 94.8 Å². The van der Waals surface area contributed by atoms with Gasteiger partial charge < -0.3 is 52.4 Å². The van der Waals surface area contributed by atoms with Crippen molar-refractivity contribution < 1.29 is 85.6 Å². The third-order valence-electron chi connectivity index (χ3n) is 18.2. The van der Waals surface area contributed by atoms with Crippen LogP contribution in [0.2, 0.25) is 0 Å². The summed E-state index contributed by atoms with van der Waals surface area (Å²) in [5, 5.41) is 34.6. The molecule has 0 bridgehead atoms. The zero-order valence-electron chi connectivity index (χ0n) is 65.3. The minimum Gasteiger partial charge on any atom is -0.850 e. The number of benzene rings is 3. The molecule has 107 heavy (non-hydrogen) atoms. The Balaban J connectivity index is 0.000000220. The van der Waals surface area contributed by atoms with Gasteiger partial charge in [0.2, 0.25) is 0 Å². The molecule has 3 saturated heterocycles. The molecule has 0 radical (unpaired) electrons. The number of rotatable bonds is 13. The number of aliphatic hydroxyl groups excluding tert-OH is 1. The number of unbranched alkanes of at least 4 members (excludes halogenated alkanes) is 1. The second kappa shape index (κ2) is 40.3. The van der Waals surface area contributed by atoms with Gasteiger partial charge in [0.1, 0.15) is 5.69 Å². The van der Waals surface area contributed by atoms with Crippen molar-refractivity contribution in [2.75, 3.05) is 111 Å². The van der Waals surface area contributed by atoms with E-state index in [1.165, 1.54) is 0 Å². The number of H-pyrrole nitrogens is 1. The summed E-state index contributed by atoms with van der Waals surface area (Å²) in [4.78, 5) is 101. The van der Waals surface area contributed by atoms with Crippen LogP contribution in [0.25, 0.3) is 39.0 Å². The maximum Gasteiger partial charge on any atom is 1.00 e. The van der Waals surface area contributed by atoms with E-state index in [0.717, 1.165) is 159 Å². The van der Waals surface area contributed by atoms with Gasteiger partial charge >= 0.3 is 57.5 Å². The molecule has 568 valence electrons. The third kappa shape index (κ3) is 24.0. The van der Waals surface area contributed by atoms with E-state index in [2.05, 4.69) is 124 Å². The van der Waals surface area contributed by atoms with Crippen molar-refractivity contribution in [1.29, 1.82) is 0 Å². The Labute approximate surface area is 668 Å². The normalized spacial score (nSPS) is 16.0. The van der Waals surface area contributed by atoms with Crippen molar-refractivity contribution in [1.82, 2.24) is 68.5 Å². The number of aromatic nitrogens is 11. The Bertz CT molecular complexity index is 4730. The van der Waals surface area contributed by atoms with Gasteiger partial charge in [-0.3, -0.25) is 48.8 Å². The summed E-state index contributed by atoms with van der Waals surface area (Å²) in [5.74, 6) is -1.01. The number of nitrogens with one attached hydrogen (secondary N) is 2. The van der Waals surface area contributed by atoms with Crippen LogP contribution in [-0.4, -0.2) is 206 Å². The number of fused-ring (bicyclic) bond motifs is 4. The van der Waals surface area contributed by atoms with Gasteiger partial charge in [0.05, 0.1) is 103 Å². The number of primary amides is 2. The molecule has 10 heterocycles. The number of nitrogens with zero attached hydrogens (tertiary/aromatic N) is 16. The molecule has 3 aliphatic rings. The summed E-state index contributed by atoms with van der Waals surface area (Å²) in [6.45, 7) is 44.0. The number of nitrogen functional groups attached to an aromatic ring is 1. The maximum atomic E-state index is 13.0. The SMILES string of the molecule is CC(C)(C)[O-].CCCCO.CCN1CCN(c2ccc(N)c(C(N)=O)c2)[C@@H](C)C1.CCN1CCN(c2ccc(NC(=O)c3cc4c(C)nc(C)cn4n3)c(C(N)=O)c2)[C@@H](C)C1.CCN1CCN(c2ccc3nc(-c4cc5c(C)nc(C)cn5n4)[nH]c(=O)c3c2)[C@@H](C)C1.Cc1cn2nccc2c(C)n1.O=C=O.[K+]. The summed E-state index contributed by atoms with van der Waals surface area (Å²) in [5.41, 5.74) is 30.1. The number of nitrogens with two attached hydrogens (primary N) is 3. The molecule has 3 amide bonds. The van der Waals surface area contributed by atoms with Gasteiger partial charge in [-0.05, 0) is 161 Å². The first-order valence-corrected chi connectivity index (χ1v) is 36.0. The topological polar surface area (TPSA) is 374 Å². The molecule has 3 aromatic carbocycles. The number of amides is 3. The predicted molar refractivity (Wildman–Crippen MR) is 415 cm³/mol. The van der Waals surface area contributed by atoms with Crippen LogP contribution in [0.4, 0.5) is 28.4 Å².